The average molecular weight is 501 g/mol. The van der Waals surface area contributed by atoms with Gasteiger partial charge in [-0.1, -0.05) is 18.2 Å². The number of phenolic OH excluding ortho intramolecular Hbond substituents is 1. The summed E-state index contributed by atoms with van der Waals surface area (Å²) in [6.45, 7) is 2.75. The lowest BCUT2D eigenvalue weighted by atomic mass is 9.98. The molecule has 5 rings (SSSR count). The summed E-state index contributed by atoms with van der Waals surface area (Å²) < 4.78 is 16.4. The number of benzene rings is 3. The number of aromatic hydroxyl groups is 1. The number of phenols is 1. The number of carbonyl (C=O) groups is 1. The second-order valence-electron chi connectivity index (χ2n) is 9.03. The third-order valence-corrected chi connectivity index (χ3v) is 6.68. The third kappa shape index (κ3) is 5.15. The van der Waals surface area contributed by atoms with Crippen LogP contribution in [-0.2, 0) is 19.4 Å². The predicted molar refractivity (Wildman–Crippen MR) is 141 cm³/mol. The number of anilines is 1. The van der Waals surface area contributed by atoms with Crippen molar-refractivity contribution < 1.29 is 23.8 Å². The van der Waals surface area contributed by atoms with Crippen LogP contribution in [0, 0.1) is 0 Å². The normalized spacial score (nSPS) is 13.2. The Bertz CT molecular complexity index is 1510. The smallest absolute Gasteiger partial charge is 0.291 e. The van der Waals surface area contributed by atoms with Gasteiger partial charge in [-0.3, -0.25) is 14.5 Å². The summed E-state index contributed by atoms with van der Waals surface area (Å²) in [5, 5.41) is 12.7. The molecule has 1 aromatic heterocycles. The summed E-state index contributed by atoms with van der Waals surface area (Å²) in [7, 11) is 3.31. The van der Waals surface area contributed by atoms with Crippen LogP contribution in [-0.4, -0.2) is 43.2 Å². The number of carbonyl (C=O) groups excluding carboxylic acids is 1. The number of fused-ring (bicyclic) bond motifs is 2. The molecule has 0 saturated heterocycles. The lowest BCUT2D eigenvalue weighted by Gasteiger charge is -2.29. The zero-order valence-electron chi connectivity index (χ0n) is 20.7. The summed E-state index contributed by atoms with van der Waals surface area (Å²) >= 11 is 0. The first kappa shape index (κ1) is 24.4. The van der Waals surface area contributed by atoms with Crippen molar-refractivity contribution in [3.63, 3.8) is 0 Å². The van der Waals surface area contributed by atoms with Gasteiger partial charge in [-0.2, -0.15) is 0 Å². The SMILES string of the molecule is COc1cc2c(cc1OC)CN(CCc1ccc(NC(=O)c3cc(=O)c4c(O)cccc4o3)cc1)CC2. The van der Waals surface area contributed by atoms with Gasteiger partial charge in [0.25, 0.3) is 5.91 Å². The quantitative estimate of drug-likeness (QED) is 0.389. The van der Waals surface area contributed by atoms with Crippen LogP contribution in [0.4, 0.5) is 5.69 Å². The molecular weight excluding hydrogens is 472 g/mol. The van der Waals surface area contributed by atoms with E-state index in [1.165, 1.54) is 23.3 Å². The van der Waals surface area contributed by atoms with Crippen molar-refractivity contribution in [1.82, 2.24) is 4.90 Å². The van der Waals surface area contributed by atoms with Gasteiger partial charge in [0.05, 0.1) is 14.2 Å². The number of nitrogens with zero attached hydrogens (tertiary/aromatic N) is 1. The summed E-state index contributed by atoms with van der Waals surface area (Å²) in [6.07, 6.45) is 1.84. The van der Waals surface area contributed by atoms with Crippen molar-refractivity contribution in [2.24, 2.45) is 0 Å². The molecular formula is C29H28N2O6. The number of hydrogen-bond donors (Lipinski definition) is 2. The van der Waals surface area contributed by atoms with Crippen LogP contribution >= 0.6 is 0 Å². The number of amides is 1. The minimum atomic E-state index is -0.533. The van der Waals surface area contributed by atoms with E-state index >= 15 is 0 Å². The zero-order chi connectivity index (χ0) is 25.9. The van der Waals surface area contributed by atoms with Gasteiger partial charge in [-0.15, -0.1) is 0 Å². The van der Waals surface area contributed by atoms with Crippen LogP contribution < -0.4 is 20.2 Å². The van der Waals surface area contributed by atoms with Crippen LogP contribution in [0.3, 0.4) is 0 Å². The fourth-order valence-electron chi connectivity index (χ4n) is 4.67. The van der Waals surface area contributed by atoms with Crippen LogP contribution in [0.15, 0.2) is 69.9 Å². The second-order valence-corrected chi connectivity index (χ2v) is 9.03. The molecule has 2 heterocycles. The molecule has 3 aromatic carbocycles. The number of rotatable bonds is 7. The molecule has 0 unspecified atom stereocenters. The zero-order valence-corrected chi connectivity index (χ0v) is 20.7. The summed E-state index contributed by atoms with van der Waals surface area (Å²) in [6, 6.07) is 17.4. The third-order valence-electron chi connectivity index (χ3n) is 6.68. The Labute approximate surface area is 214 Å². The van der Waals surface area contributed by atoms with Gasteiger partial charge in [0.2, 0.25) is 0 Å². The van der Waals surface area contributed by atoms with E-state index in [0.717, 1.165) is 55.6 Å². The predicted octanol–water partition coefficient (Wildman–Crippen LogP) is 4.37. The Morgan fingerprint density at radius 2 is 1.76 bits per heavy atom. The van der Waals surface area contributed by atoms with Crippen LogP contribution in [0.1, 0.15) is 27.2 Å². The molecule has 4 aromatic rings. The summed E-state index contributed by atoms with van der Waals surface area (Å²) in [5.41, 5.74) is 4.00. The van der Waals surface area contributed by atoms with E-state index < -0.39 is 11.3 Å². The van der Waals surface area contributed by atoms with Gasteiger partial charge >= 0.3 is 0 Å². The maximum atomic E-state index is 12.7. The number of methoxy groups -OCH3 is 2. The van der Waals surface area contributed by atoms with Crippen molar-refractivity contribution in [2.45, 2.75) is 19.4 Å². The Morgan fingerprint density at radius 3 is 2.49 bits per heavy atom. The average Bonchev–Trinajstić information content (AvgIpc) is 2.91. The highest BCUT2D eigenvalue weighted by Gasteiger charge is 2.19. The fourth-order valence-corrected chi connectivity index (χ4v) is 4.67. The number of ether oxygens (including phenoxy) is 2. The van der Waals surface area contributed by atoms with Gasteiger partial charge in [0, 0.05) is 31.4 Å². The highest BCUT2D eigenvalue weighted by molar-refractivity contribution is 6.03. The van der Waals surface area contributed by atoms with Crippen LogP contribution in [0.2, 0.25) is 0 Å². The van der Waals surface area contributed by atoms with E-state index in [1.54, 1.807) is 20.3 Å². The Hall–Kier alpha value is -4.30. The molecule has 1 aliphatic heterocycles. The van der Waals surface area contributed by atoms with Crippen LogP contribution in [0.5, 0.6) is 17.2 Å². The molecule has 1 amide bonds. The van der Waals surface area contributed by atoms with Gasteiger partial charge in [-0.05, 0) is 65.9 Å². The van der Waals surface area contributed by atoms with E-state index in [2.05, 4.69) is 22.3 Å². The highest BCUT2D eigenvalue weighted by Crippen LogP contribution is 2.33. The maximum absolute atomic E-state index is 12.7. The van der Waals surface area contributed by atoms with Crippen molar-refractivity contribution in [1.29, 1.82) is 0 Å². The largest absolute Gasteiger partial charge is 0.507 e. The number of nitrogens with one attached hydrogen (secondary N) is 1. The standard InChI is InChI=1S/C29H28N2O6/c1-35-25-14-19-11-13-31(17-20(19)15-26(25)36-2)12-10-18-6-8-21(9-7-18)30-29(34)27-16-23(33)28-22(32)4-3-5-24(28)37-27/h3-9,14-16,32H,10-13,17H2,1-2H3,(H,30,34). The number of hydrogen-bond acceptors (Lipinski definition) is 7. The molecule has 2 N–H and O–H groups in total. The lowest BCUT2D eigenvalue weighted by molar-refractivity contribution is 0.0997. The van der Waals surface area contributed by atoms with E-state index in [4.69, 9.17) is 13.9 Å². The molecule has 190 valence electrons. The molecule has 0 radical (unpaired) electrons. The molecule has 0 fully saturated rings. The summed E-state index contributed by atoms with van der Waals surface area (Å²) in [4.78, 5) is 27.4. The minimum Gasteiger partial charge on any atom is -0.507 e. The topological polar surface area (TPSA) is 101 Å². The second kappa shape index (κ2) is 10.4. The minimum absolute atomic E-state index is 0.0551. The molecule has 37 heavy (non-hydrogen) atoms. The molecule has 0 saturated carbocycles. The molecule has 0 bridgehead atoms. The first-order valence-corrected chi connectivity index (χ1v) is 12.1. The Morgan fingerprint density at radius 1 is 1.03 bits per heavy atom. The van der Waals surface area contributed by atoms with E-state index in [1.807, 2.05) is 24.3 Å². The molecule has 0 aliphatic carbocycles. The van der Waals surface area contributed by atoms with E-state index in [-0.39, 0.29) is 22.5 Å². The van der Waals surface area contributed by atoms with Gasteiger partial charge < -0.3 is 24.3 Å². The van der Waals surface area contributed by atoms with Crippen molar-refractivity contribution >= 4 is 22.6 Å². The summed E-state index contributed by atoms with van der Waals surface area (Å²) in [5.74, 6) is 0.689. The first-order valence-electron chi connectivity index (χ1n) is 12.1. The molecule has 0 spiro atoms. The van der Waals surface area contributed by atoms with Crippen molar-refractivity contribution in [3.05, 3.63) is 93.3 Å². The Kier molecular flexibility index (Phi) is 6.83. The van der Waals surface area contributed by atoms with E-state index in [0.29, 0.717) is 5.69 Å². The van der Waals surface area contributed by atoms with Gasteiger partial charge in [0.15, 0.2) is 22.7 Å². The first-order chi connectivity index (χ1) is 17.9. The highest BCUT2D eigenvalue weighted by atomic mass is 16.5. The maximum Gasteiger partial charge on any atom is 0.291 e. The van der Waals surface area contributed by atoms with Gasteiger partial charge in [-0.25, -0.2) is 0 Å². The van der Waals surface area contributed by atoms with Gasteiger partial charge in [0.1, 0.15) is 16.7 Å². The lowest BCUT2D eigenvalue weighted by Crippen LogP contribution is -2.32. The molecule has 1 aliphatic rings. The molecule has 0 atom stereocenters. The van der Waals surface area contributed by atoms with E-state index in [9.17, 15) is 14.7 Å². The Balaban J connectivity index is 1.20. The van der Waals surface area contributed by atoms with Crippen molar-refractivity contribution in [2.75, 3.05) is 32.6 Å². The van der Waals surface area contributed by atoms with Crippen molar-refractivity contribution in [3.8, 4) is 17.2 Å². The molecule has 8 nitrogen and oxygen atoms in total. The monoisotopic (exact) mass is 500 g/mol. The fraction of sp³-hybridized carbons (Fsp3) is 0.241. The molecule has 8 heteroatoms. The van der Waals surface area contributed by atoms with Crippen LogP contribution in [0.25, 0.3) is 11.0 Å².